The van der Waals surface area contributed by atoms with Crippen LogP contribution in [0, 0.1) is 12.8 Å². The Labute approximate surface area is 124 Å². The van der Waals surface area contributed by atoms with Crippen molar-refractivity contribution >= 4 is 11.6 Å². The molecule has 106 valence electrons. The quantitative estimate of drug-likeness (QED) is 0.797. The lowest BCUT2D eigenvalue weighted by Crippen LogP contribution is -2.15. The van der Waals surface area contributed by atoms with Crippen molar-refractivity contribution in [3.05, 3.63) is 52.6 Å². The van der Waals surface area contributed by atoms with Gasteiger partial charge in [-0.25, -0.2) is 4.98 Å². The molecule has 0 amide bonds. The number of nitrogens with zero attached hydrogens (tertiary/aromatic N) is 1. The molecule has 2 aromatic rings. The highest BCUT2D eigenvalue weighted by molar-refractivity contribution is 6.30. The van der Waals surface area contributed by atoms with E-state index < -0.39 is 0 Å². The van der Waals surface area contributed by atoms with Gasteiger partial charge in [0.1, 0.15) is 0 Å². The Morgan fingerprint density at radius 1 is 1.35 bits per heavy atom. The van der Waals surface area contributed by atoms with Crippen LogP contribution in [0.25, 0.3) is 0 Å². The smallest absolute Gasteiger partial charge is 0.0925 e. The summed E-state index contributed by atoms with van der Waals surface area (Å²) in [5.74, 6) is 1.48. The summed E-state index contributed by atoms with van der Waals surface area (Å²) in [6.07, 6.45) is 4.32. The van der Waals surface area contributed by atoms with Crippen molar-refractivity contribution in [1.29, 1.82) is 0 Å². The molecule has 1 aromatic carbocycles. The largest absolute Gasteiger partial charge is 0.348 e. The minimum Gasteiger partial charge on any atom is -0.348 e. The first kappa shape index (κ1) is 13.7. The fraction of sp³-hybridized carbons (Fsp3) is 0.438. The van der Waals surface area contributed by atoms with Gasteiger partial charge in [-0.3, -0.25) is 0 Å². The third-order valence-corrected chi connectivity index (χ3v) is 4.33. The Hall–Kier alpha value is -1.32. The van der Waals surface area contributed by atoms with E-state index >= 15 is 0 Å². The van der Waals surface area contributed by atoms with Gasteiger partial charge in [0.05, 0.1) is 12.0 Å². The fourth-order valence-corrected chi connectivity index (χ4v) is 2.89. The van der Waals surface area contributed by atoms with Crippen LogP contribution in [0.5, 0.6) is 0 Å². The number of H-pyrrole nitrogens is 1. The second-order valence-corrected chi connectivity index (χ2v) is 6.04. The van der Waals surface area contributed by atoms with Gasteiger partial charge < -0.3 is 10.3 Å². The van der Waals surface area contributed by atoms with Gasteiger partial charge in [-0.1, -0.05) is 23.7 Å². The molecule has 0 radical (unpaired) electrons. The van der Waals surface area contributed by atoms with Crippen LogP contribution < -0.4 is 5.32 Å². The molecular formula is C16H20ClN3. The summed E-state index contributed by atoms with van der Waals surface area (Å²) >= 11 is 5.87. The van der Waals surface area contributed by atoms with E-state index in [4.69, 9.17) is 11.6 Å². The van der Waals surface area contributed by atoms with Crippen LogP contribution >= 0.6 is 11.6 Å². The van der Waals surface area contributed by atoms with Crippen LogP contribution in [-0.4, -0.2) is 16.5 Å². The van der Waals surface area contributed by atoms with E-state index in [1.807, 2.05) is 12.1 Å². The minimum absolute atomic E-state index is 0.679. The first-order valence-electron chi connectivity index (χ1n) is 7.19. The van der Waals surface area contributed by atoms with E-state index in [9.17, 15) is 0 Å². The number of hydrogen-bond donors (Lipinski definition) is 2. The normalized spacial score (nSPS) is 21.1. The number of hydrogen-bond acceptors (Lipinski definition) is 2. The summed E-state index contributed by atoms with van der Waals surface area (Å²) in [6, 6.07) is 8.02. The monoisotopic (exact) mass is 289 g/mol. The van der Waals surface area contributed by atoms with Crippen molar-refractivity contribution in [3.8, 4) is 0 Å². The SMILES string of the molecule is Cc1[nH]cnc1[C@H]1C[C@H]1CCNCc1ccc(Cl)cc1. The van der Waals surface area contributed by atoms with Crippen molar-refractivity contribution in [3.63, 3.8) is 0 Å². The number of rotatable bonds is 6. The van der Waals surface area contributed by atoms with Crippen LogP contribution in [0.1, 0.15) is 35.7 Å². The predicted molar refractivity (Wildman–Crippen MR) is 81.9 cm³/mol. The van der Waals surface area contributed by atoms with Crippen molar-refractivity contribution < 1.29 is 0 Å². The fourth-order valence-electron chi connectivity index (χ4n) is 2.77. The summed E-state index contributed by atoms with van der Waals surface area (Å²) in [5.41, 5.74) is 3.78. The first-order valence-corrected chi connectivity index (χ1v) is 7.57. The predicted octanol–water partition coefficient (Wildman–Crippen LogP) is 3.65. The zero-order valence-corrected chi connectivity index (χ0v) is 12.5. The number of nitrogens with one attached hydrogen (secondary N) is 2. The molecule has 0 aliphatic heterocycles. The van der Waals surface area contributed by atoms with E-state index in [-0.39, 0.29) is 0 Å². The maximum absolute atomic E-state index is 5.87. The van der Waals surface area contributed by atoms with Crippen molar-refractivity contribution in [2.75, 3.05) is 6.54 Å². The maximum atomic E-state index is 5.87. The highest BCUT2D eigenvalue weighted by Crippen LogP contribution is 2.49. The third kappa shape index (κ3) is 3.22. The zero-order valence-electron chi connectivity index (χ0n) is 11.7. The van der Waals surface area contributed by atoms with Crippen molar-refractivity contribution in [2.24, 2.45) is 5.92 Å². The highest BCUT2D eigenvalue weighted by atomic mass is 35.5. The molecule has 1 saturated carbocycles. The van der Waals surface area contributed by atoms with Gasteiger partial charge in [0.15, 0.2) is 0 Å². The second kappa shape index (κ2) is 5.98. The molecule has 20 heavy (non-hydrogen) atoms. The Morgan fingerprint density at radius 3 is 2.85 bits per heavy atom. The van der Waals surface area contributed by atoms with Gasteiger partial charge in [0, 0.05) is 23.2 Å². The first-order chi connectivity index (χ1) is 9.74. The third-order valence-electron chi connectivity index (χ3n) is 4.08. The van der Waals surface area contributed by atoms with Crippen LogP contribution in [0.3, 0.4) is 0 Å². The number of aromatic nitrogens is 2. The minimum atomic E-state index is 0.679. The molecule has 1 aliphatic rings. The van der Waals surface area contributed by atoms with Gasteiger partial charge in [-0.15, -0.1) is 0 Å². The zero-order chi connectivity index (χ0) is 13.9. The van der Waals surface area contributed by atoms with E-state index in [1.54, 1.807) is 6.33 Å². The van der Waals surface area contributed by atoms with Crippen molar-refractivity contribution in [1.82, 2.24) is 15.3 Å². The average molecular weight is 290 g/mol. The molecule has 1 fully saturated rings. The Morgan fingerprint density at radius 2 is 2.15 bits per heavy atom. The molecule has 1 aromatic heterocycles. The molecule has 1 heterocycles. The molecule has 3 rings (SSSR count). The molecule has 3 nitrogen and oxygen atoms in total. The summed E-state index contributed by atoms with van der Waals surface area (Å²) in [5, 5.41) is 4.30. The molecular weight excluding hydrogens is 270 g/mol. The standard InChI is InChI=1S/C16H20ClN3/c1-11-16(20-10-19-11)15-8-13(15)6-7-18-9-12-2-4-14(17)5-3-12/h2-5,10,13,15,18H,6-9H2,1H3,(H,19,20)/t13-,15+/m1/s1. The lowest BCUT2D eigenvalue weighted by atomic mass is 10.1. The van der Waals surface area contributed by atoms with Gasteiger partial charge in [0.25, 0.3) is 0 Å². The van der Waals surface area contributed by atoms with E-state index in [2.05, 4.69) is 34.3 Å². The molecule has 4 heteroatoms. The highest BCUT2D eigenvalue weighted by Gasteiger charge is 2.39. The molecule has 0 bridgehead atoms. The van der Waals surface area contributed by atoms with E-state index in [1.165, 1.54) is 29.8 Å². The van der Waals surface area contributed by atoms with Crippen LogP contribution in [0.15, 0.2) is 30.6 Å². The van der Waals surface area contributed by atoms with Crippen LogP contribution in [-0.2, 0) is 6.54 Å². The van der Waals surface area contributed by atoms with Gasteiger partial charge in [-0.05, 0) is 49.9 Å². The number of benzene rings is 1. The average Bonchev–Trinajstić information content (AvgIpc) is 3.09. The lowest BCUT2D eigenvalue weighted by molar-refractivity contribution is 0.602. The molecule has 0 saturated heterocycles. The van der Waals surface area contributed by atoms with E-state index in [0.717, 1.165) is 24.0 Å². The molecule has 0 spiro atoms. The van der Waals surface area contributed by atoms with Crippen LogP contribution in [0.4, 0.5) is 0 Å². The van der Waals surface area contributed by atoms with Crippen molar-refractivity contribution in [2.45, 2.75) is 32.2 Å². The van der Waals surface area contributed by atoms with Gasteiger partial charge in [-0.2, -0.15) is 0 Å². The van der Waals surface area contributed by atoms with Crippen LogP contribution in [0.2, 0.25) is 5.02 Å². The van der Waals surface area contributed by atoms with Gasteiger partial charge in [0.2, 0.25) is 0 Å². The number of aromatic amines is 1. The molecule has 0 unspecified atom stereocenters. The number of aryl methyl sites for hydroxylation is 1. The summed E-state index contributed by atoms with van der Waals surface area (Å²) in [4.78, 5) is 7.59. The van der Waals surface area contributed by atoms with E-state index in [0.29, 0.717) is 5.92 Å². The maximum Gasteiger partial charge on any atom is 0.0925 e. The lowest BCUT2D eigenvalue weighted by Gasteiger charge is -2.05. The summed E-state index contributed by atoms with van der Waals surface area (Å²) in [6.45, 7) is 4.08. The Kier molecular flexibility index (Phi) is 4.08. The summed E-state index contributed by atoms with van der Waals surface area (Å²) < 4.78 is 0. The number of imidazole rings is 1. The molecule has 2 atom stereocenters. The molecule has 1 aliphatic carbocycles. The topological polar surface area (TPSA) is 40.7 Å². The Balaban J connectivity index is 1.37. The Bertz CT molecular complexity index is 561. The summed E-state index contributed by atoms with van der Waals surface area (Å²) in [7, 11) is 0. The van der Waals surface area contributed by atoms with Gasteiger partial charge >= 0.3 is 0 Å². The molecule has 2 N–H and O–H groups in total. The number of halogens is 1. The second-order valence-electron chi connectivity index (χ2n) is 5.61.